The number of ether oxygens (including phenoxy) is 1. The first kappa shape index (κ1) is 17.8. The van der Waals surface area contributed by atoms with Gasteiger partial charge in [0, 0.05) is 31.7 Å². The highest BCUT2D eigenvalue weighted by atomic mass is 35.5. The van der Waals surface area contributed by atoms with E-state index in [0.29, 0.717) is 53.2 Å². The molecule has 0 spiro atoms. The molecule has 0 atom stereocenters. The average molecular weight is 383 g/mol. The van der Waals surface area contributed by atoms with E-state index in [9.17, 15) is 9.18 Å². The van der Waals surface area contributed by atoms with Crippen LogP contribution >= 0.6 is 23.2 Å². The number of carbonyl (C=O) groups excluding carboxylic acids is 1. The Balaban J connectivity index is 1.71. The second-order valence-electron chi connectivity index (χ2n) is 5.70. The molecule has 1 fully saturated rings. The summed E-state index contributed by atoms with van der Waals surface area (Å²) >= 11 is 12.2. The Morgan fingerprint density at radius 2 is 1.68 bits per heavy atom. The minimum absolute atomic E-state index is 0.153. The first-order valence-electron chi connectivity index (χ1n) is 7.83. The topological polar surface area (TPSA) is 32.8 Å². The van der Waals surface area contributed by atoms with E-state index in [1.54, 1.807) is 35.2 Å². The van der Waals surface area contributed by atoms with Crippen molar-refractivity contribution in [2.24, 2.45) is 0 Å². The van der Waals surface area contributed by atoms with E-state index >= 15 is 0 Å². The lowest BCUT2D eigenvalue weighted by Gasteiger charge is -2.36. The maximum atomic E-state index is 13.9. The van der Waals surface area contributed by atoms with Crippen LogP contribution in [-0.2, 0) is 0 Å². The molecule has 1 aliphatic rings. The Morgan fingerprint density at radius 1 is 1.08 bits per heavy atom. The number of methoxy groups -OCH3 is 1. The summed E-state index contributed by atoms with van der Waals surface area (Å²) in [7, 11) is 1.47. The van der Waals surface area contributed by atoms with Crippen LogP contribution in [0.25, 0.3) is 0 Å². The SMILES string of the molecule is COc1c(Cl)cc(C(=O)N2CCN(c3ccccc3F)CC2)cc1Cl. The van der Waals surface area contributed by atoms with E-state index in [1.807, 2.05) is 4.90 Å². The number of rotatable bonds is 3. The van der Waals surface area contributed by atoms with E-state index < -0.39 is 0 Å². The highest BCUT2D eigenvalue weighted by Crippen LogP contribution is 2.34. The van der Waals surface area contributed by atoms with Crippen molar-refractivity contribution in [3.05, 3.63) is 57.8 Å². The molecule has 0 aromatic heterocycles. The first-order chi connectivity index (χ1) is 12.0. The summed E-state index contributed by atoms with van der Waals surface area (Å²) in [5.41, 5.74) is 0.972. The van der Waals surface area contributed by atoms with Gasteiger partial charge in [0.15, 0.2) is 5.75 Å². The van der Waals surface area contributed by atoms with E-state index in [4.69, 9.17) is 27.9 Å². The number of carbonyl (C=O) groups is 1. The highest BCUT2D eigenvalue weighted by molar-refractivity contribution is 6.37. The molecule has 25 heavy (non-hydrogen) atoms. The number of amides is 1. The maximum Gasteiger partial charge on any atom is 0.254 e. The number of anilines is 1. The minimum Gasteiger partial charge on any atom is -0.494 e. The average Bonchev–Trinajstić information content (AvgIpc) is 2.61. The van der Waals surface area contributed by atoms with Crippen molar-refractivity contribution in [3.63, 3.8) is 0 Å². The van der Waals surface area contributed by atoms with Crippen molar-refractivity contribution in [1.82, 2.24) is 4.90 Å². The van der Waals surface area contributed by atoms with Crippen LogP contribution < -0.4 is 9.64 Å². The molecule has 1 saturated heterocycles. The third kappa shape index (κ3) is 3.67. The predicted molar refractivity (Wildman–Crippen MR) is 97.5 cm³/mol. The molecule has 1 heterocycles. The van der Waals surface area contributed by atoms with Crippen molar-refractivity contribution < 1.29 is 13.9 Å². The van der Waals surface area contributed by atoms with Gasteiger partial charge in [0.2, 0.25) is 0 Å². The van der Waals surface area contributed by atoms with Crippen LogP contribution in [0.4, 0.5) is 10.1 Å². The van der Waals surface area contributed by atoms with Gasteiger partial charge in [0.1, 0.15) is 5.82 Å². The van der Waals surface area contributed by atoms with Crippen LogP contribution in [0.1, 0.15) is 10.4 Å². The van der Waals surface area contributed by atoms with Crippen molar-refractivity contribution >= 4 is 34.8 Å². The number of para-hydroxylation sites is 1. The fraction of sp³-hybridized carbons (Fsp3) is 0.278. The quantitative estimate of drug-likeness (QED) is 0.800. The zero-order valence-corrected chi connectivity index (χ0v) is 15.1. The molecule has 2 aromatic rings. The Labute approximate surface area is 155 Å². The van der Waals surface area contributed by atoms with Crippen LogP contribution in [0.3, 0.4) is 0 Å². The standard InChI is InChI=1S/C18H17Cl2FN2O2/c1-25-17-13(19)10-12(11-14(17)20)18(24)23-8-6-22(7-9-23)16-5-3-2-4-15(16)21/h2-5,10-11H,6-9H2,1H3. The zero-order chi connectivity index (χ0) is 18.0. The zero-order valence-electron chi connectivity index (χ0n) is 13.6. The van der Waals surface area contributed by atoms with Gasteiger partial charge in [-0.1, -0.05) is 35.3 Å². The van der Waals surface area contributed by atoms with Crippen LogP contribution in [0.5, 0.6) is 5.75 Å². The van der Waals surface area contributed by atoms with Gasteiger partial charge in [-0.3, -0.25) is 4.79 Å². The van der Waals surface area contributed by atoms with Crippen molar-refractivity contribution in [2.45, 2.75) is 0 Å². The molecule has 2 aromatic carbocycles. The molecule has 0 unspecified atom stereocenters. The maximum absolute atomic E-state index is 13.9. The lowest BCUT2D eigenvalue weighted by atomic mass is 10.1. The molecule has 0 saturated carbocycles. The van der Waals surface area contributed by atoms with Gasteiger partial charge in [0.25, 0.3) is 5.91 Å². The molecule has 0 bridgehead atoms. The van der Waals surface area contributed by atoms with Crippen LogP contribution in [0, 0.1) is 5.82 Å². The first-order valence-corrected chi connectivity index (χ1v) is 8.58. The second-order valence-corrected chi connectivity index (χ2v) is 6.52. The van der Waals surface area contributed by atoms with E-state index in [0.717, 1.165) is 0 Å². The number of halogens is 3. The van der Waals surface area contributed by atoms with Gasteiger partial charge in [-0.25, -0.2) is 4.39 Å². The third-order valence-electron chi connectivity index (χ3n) is 4.21. The third-order valence-corrected chi connectivity index (χ3v) is 4.77. The summed E-state index contributed by atoms with van der Waals surface area (Å²) in [6.07, 6.45) is 0. The van der Waals surface area contributed by atoms with Gasteiger partial charge in [0.05, 0.1) is 22.8 Å². The number of hydrogen-bond donors (Lipinski definition) is 0. The fourth-order valence-electron chi connectivity index (χ4n) is 2.92. The molecule has 4 nitrogen and oxygen atoms in total. The number of hydrogen-bond acceptors (Lipinski definition) is 3. The molecule has 0 radical (unpaired) electrons. The minimum atomic E-state index is -0.254. The monoisotopic (exact) mass is 382 g/mol. The van der Waals surface area contributed by atoms with Crippen LogP contribution in [0.15, 0.2) is 36.4 Å². The summed E-state index contributed by atoms with van der Waals surface area (Å²) in [5.74, 6) is -0.0557. The molecule has 132 valence electrons. The van der Waals surface area contributed by atoms with Crippen molar-refractivity contribution in [3.8, 4) is 5.75 Å². The van der Waals surface area contributed by atoms with Crippen molar-refractivity contribution in [1.29, 1.82) is 0 Å². The molecule has 3 rings (SSSR count). The van der Waals surface area contributed by atoms with Gasteiger partial charge in [-0.05, 0) is 24.3 Å². The van der Waals surface area contributed by atoms with Gasteiger partial charge >= 0.3 is 0 Å². The lowest BCUT2D eigenvalue weighted by Crippen LogP contribution is -2.49. The largest absolute Gasteiger partial charge is 0.494 e. The Kier molecular flexibility index (Phi) is 5.35. The predicted octanol–water partition coefficient (Wildman–Crippen LogP) is 4.10. The summed E-state index contributed by atoms with van der Waals surface area (Å²) in [4.78, 5) is 16.3. The number of piperazine rings is 1. The number of benzene rings is 2. The summed E-state index contributed by atoms with van der Waals surface area (Å²) in [6, 6.07) is 9.76. The molecule has 0 aliphatic carbocycles. The summed E-state index contributed by atoms with van der Waals surface area (Å²) in [5, 5.41) is 0.590. The van der Waals surface area contributed by atoms with Crippen LogP contribution in [-0.4, -0.2) is 44.1 Å². The van der Waals surface area contributed by atoms with E-state index in [2.05, 4.69) is 0 Å². The van der Waals surface area contributed by atoms with Gasteiger partial charge in [-0.15, -0.1) is 0 Å². The number of nitrogens with zero attached hydrogens (tertiary/aromatic N) is 2. The molecule has 1 amide bonds. The van der Waals surface area contributed by atoms with E-state index in [1.165, 1.54) is 13.2 Å². The smallest absolute Gasteiger partial charge is 0.254 e. The van der Waals surface area contributed by atoms with Crippen LogP contribution in [0.2, 0.25) is 10.0 Å². The molecule has 1 aliphatic heterocycles. The summed E-state index contributed by atoms with van der Waals surface area (Å²) < 4.78 is 19.0. The van der Waals surface area contributed by atoms with Crippen molar-refractivity contribution in [2.75, 3.05) is 38.2 Å². The highest BCUT2D eigenvalue weighted by Gasteiger charge is 2.24. The Morgan fingerprint density at radius 3 is 2.24 bits per heavy atom. The summed E-state index contributed by atoms with van der Waals surface area (Å²) in [6.45, 7) is 2.11. The second kappa shape index (κ2) is 7.50. The molecule has 7 heteroatoms. The fourth-order valence-corrected chi connectivity index (χ4v) is 3.56. The van der Waals surface area contributed by atoms with Gasteiger partial charge < -0.3 is 14.5 Å². The van der Waals surface area contributed by atoms with E-state index in [-0.39, 0.29) is 11.7 Å². The lowest BCUT2D eigenvalue weighted by molar-refractivity contribution is 0.0746. The van der Waals surface area contributed by atoms with Gasteiger partial charge in [-0.2, -0.15) is 0 Å². The molecular weight excluding hydrogens is 366 g/mol. The molecule has 0 N–H and O–H groups in total. The molecular formula is C18H17Cl2FN2O2. The Bertz CT molecular complexity index is 769. The Hall–Kier alpha value is -1.98. The normalized spacial score (nSPS) is 14.6.